The van der Waals surface area contributed by atoms with Crippen LogP contribution in [0.2, 0.25) is 0 Å². The highest BCUT2D eigenvalue weighted by molar-refractivity contribution is 5.89. The smallest absolute Gasteiger partial charge is 0.166 e. The molecule has 0 saturated heterocycles. The molecule has 3 N–H and O–H groups in total. The Morgan fingerprint density at radius 1 is 1.33 bits per heavy atom. The summed E-state index contributed by atoms with van der Waals surface area (Å²) in [5, 5.41) is 1.01. The number of hydrogen-bond donors (Lipinski definition) is 2. The summed E-state index contributed by atoms with van der Waals surface area (Å²) >= 11 is 0. The van der Waals surface area contributed by atoms with Gasteiger partial charge in [-0.15, -0.1) is 0 Å². The van der Waals surface area contributed by atoms with E-state index in [0.717, 1.165) is 17.2 Å². The Morgan fingerprint density at radius 3 is 2.92 bits per heavy atom. The van der Waals surface area contributed by atoms with Gasteiger partial charge in [0.15, 0.2) is 6.29 Å². The maximum absolute atomic E-state index is 10.4. The summed E-state index contributed by atoms with van der Waals surface area (Å²) in [5.74, 6) is 0. The number of nitrogen functional groups attached to an aromatic ring is 1. The Balaban J connectivity index is 2.75. The molecule has 12 heavy (non-hydrogen) atoms. The molecule has 0 aliphatic carbocycles. The lowest BCUT2D eigenvalue weighted by Crippen LogP contribution is -1.82. The summed E-state index contributed by atoms with van der Waals surface area (Å²) < 4.78 is 0. The Kier molecular flexibility index (Phi) is 1.37. The van der Waals surface area contributed by atoms with Crippen LogP contribution in [-0.2, 0) is 0 Å². The van der Waals surface area contributed by atoms with E-state index in [0.29, 0.717) is 11.4 Å². The summed E-state index contributed by atoms with van der Waals surface area (Å²) in [5.41, 5.74) is 7.74. The van der Waals surface area contributed by atoms with E-state index in [1.807, 2.05) is 18.2 Å². The van der Waals surface area contributed by atoms with Gasteiger partial charge in [0, 0.05) is 16.6 Å². The molecule has 0 spiro atoms. The molecule has 0 bridgehead atoms. The predicted molar refractivity (Wildman–Crippen MR) is 48.1 cm³/mol. The van der Waals surface area contributed by atoms with Crippen LogP contribution in [-0.4, -0.2) is 11.3 Å². The van der Waals surface area contributed by atoms with Crippen LogP contribution >= 0.6 is 0 Å². The zero-order chi connectivity index (χ0) is 8.55. The molecule has 0 aliphatic heterocycles. The average molecular weight is 160 g/mol. The number of hydrogen-bond acceptors (Lipinski definition) is 2. The zero-order valence-electron chi connectivity index (χ0n) is 6.37. The van der Waals surface area contributed by atoms with Gasteiger partial charge < -0.3 is 10.7 Å². The van der Waals surface area contributed by atoms with Crippen molar-refractivity contribution in [1.29, 1.82) is 0 Å². The number of aromatic nitrogens is 1. The number of benzene rings is 1. The van der Waals surface area contributed by atoms with Crippen LogP contribution in [0.3, 0.4) is 0 Å². The molecule has 1 aromatic carbocycles. The first-order chi connectivity index (χ1) is 5.79. The third-order valence-corrected chi connectivity index (χ3v) is 1.79. The van der Waals surface area contributed by atoms with Gasteiger partial charge in [0.1, 0.15) is 0 Å². The number of carbonyl (C=O) groups excluding carboxylic acids is 1. The molecule has 2 aromatic rings. The molecule has 1 heterocycles. The van der Waals surface area contributed by atoms with Gasteiger partial charge in [-0.1, -0.05) is 6.07 Å². The minimum atomic E-state index is 0.579. The van der Waals surface area contributed by atoms with Crippen molar-refractivity contribution >= 4 is 22.9 Å². The van der Waals surface area contributed by atoms with E-state index in [1.54, 1.807) is 6.07 Å². The number of anilines is 1. The van der Waals surface area contributed by atoms with Crippen LogP contribution in [0, 0.1) is 0 Å². The van der Waals surface area contributed by atoms with Crippen molar-refractivity contribution < 1.29 is 4.79 Å². The first-order valence-corrected chi connectivity index (χ1v) is 3.63. The van der Waals surface area contributed by atoms with E-state index in [2.05, 4.69) is 4.98 Å². The molecule has 0 unspecified atom stereocenters. The molecular weight excluding hydrogens is 152 g/mol. The lowest BCUT2D eigenvalue weighted by molar-refractivity contribution is 0.112. The Labute approximate surface area is 69.2 Å². The fourth-order valence-electron chi connectivity index (χ4n) is 1.23. The second-order valence-corrected chi connectivity index (χ2v) is 2.69. The summed E-state index contributed by atoms with van der Waals surface area (Å²) in [6, 6.07) is 7.29. The number of aldehydes is 1. The number of H-pyrrole nitrogens is 1. The monoisotopic (exact) mass is 160 g/mol. The second-order valence-electron chi connectivity index (χ2n) is 2.69. The highest BCUT2D eigenvalue weighted by Crippen LogP contribution is 2.16. The topological polar surface area (TPSA) is 58.9 Å². The number of nitrogens with two attached hydrogens (primary N) is 1. The third kappa shape index (κ3) is 0.955. The first-order valence-electron chi connectivity index (χ1n) is 3.63. The molecule has 0 radical (unpaired) electrons. The van der Waals surface area contributed by atoms with E-state index >= 15 is 0 Å². The van der Waals surface area contributed by atoms with Gasteiger partial charge in [0.2, 0.25) is 0 Å². The Hall–Kier alpha value is -1.77. The minimum absolute atomic E-state index is 0.579. The highest BCUT2D eigenvalue weighted by Gasteiger charge is 1.98. The number of rotatable bonds is 1. The first kappa shape index (κ1) is 6.91. The van der Waals surface area contributed by atoms with E-state index in [-0.39, 0.29) is 0 Å². The molecule has 3 heteroatoms. The predicted octanol–water partition coefficient (Wildman–Crippen LogP) is 1.56. The van der Waals surface area contributed by atoms with Crippen molar-refractivity contribution in [3.05, 3.63) is 30.0 Å². The van der Waals surface area contributed by atoms with E-state index in [1.165, 1.54) is 0 Å². The van der Waals surface area contributed by atoms with E-state index in [4.69, 9.17) is 5.73 Å². The molecule has 3 nitrogen and oxygen atoms in total. The average Bonchev–Trinajstić information content (AvgIpc) is 2.46. The van der Waals surface area contributed by atoms with Crippen molar-refractivity contribution in [1.82, 2.24) is 4.98 Å². The standard InChI is InChI=1S/C9H8N2O/c10-7-2-1-6-3-8(5-12)11-9(6)4-7/h1-5,11H,10H2. The molecule has 0 atom stereocenters. The van der Waals surface area contributed by atoms with Crippen molar-refractivity contribution in [3.8, 4) is 0 Å². The summed E-state index contributed by atoms with van der Waals surface area (Å²) in [6.07, 6.45) is 0.788. The maximum Gasteiger partial charge on any atom is 0.166 e. The third-order valence-electron chi connectivity index (χ3n) is 1.79. The molecule has 0 aliphatic rings. The van der Waals surface area contributed by atoms with E-state index in [9.17, 15) is 4.79 Å². The summed E-state index contributed by atoms with van der Waals surface area (Å²) in [7, 11) is 0. The van der Waals surface area contributed by atoms with Crippen LogP contribution < -0.4 is 5.73 Å². The van der Waals surface area contributed by atoms with Gasteiger partial charge in [0.25, 0.3) is 0 Å². The zero-order valence-corrected chi connectivity index (χ0v) is 6.37. The molecule has 1 aromatic heterocycles. The van der Waals surface area contributed by atoms with Gasteiger partial charge >= 0.3 is 0 Å². The van der Waals surface area contributed by atoms with E-state index < -0.39 is 0 Å². The fourth-order valence-corrected chi connectivity index (χ4v) is 1.23. The van der Waals surface area contributed by atoms with Crippen molar-refractivity contribution in [3.63, 3.8) is 0 Å². The SMILES string of the molecule is Nc1ccc2cc(C=O)[nH]c2c1. The second kappa shape index (κ2) is 2.37. The fraction of sp³-hybridized carbons (Fsp3) is 0. The van der Waals surface area contributed by atoms with Crippen molar-refractivity contribution in [2.75, 3.05) is 5.73 Å². The van der Waals surface area contributed by atoms with Crippen molar-refractivity contribution in [2.45, 2.75) is 0 Å². The number of fused-ring (bicyclic) bond motifs is 1. The quantitative estimate of drug-likeness (QED) is 0.491. The normalized spacial score (nSPS) is 10.3. The highest BCUT2D eigenvalue weighted by atomic mass is 16.1. The Morgan fingerprint density at radius 2 is 2.17 bits per heavy atom. The van der Waals surface area contributed by atoms with Crippen LogP contribution in [0.4, 0.5) is 5.69 Å². The summed E-state index contributed by atoms with van der Waals surface area (Å²) in [4.78, 5) is 13.3. The van der Waals surface area contributed by atoms with Gasteiger partial charge in [-0.05, 0) is 18.2 Å². The minimum Gasteiger partial charge on any atom is -0.399 e. The number of aromatic amines is 1. The van der Waals surface area contributed by atoms with Crippen LogP contribution in [0.1, 0.15) is 10.5 Å². The largest absolute Gasteiger partial charge is 0.399 e. The van der Waals surface area contributed by atoms with Gasteiger partial charge in [-0.25, -0.2) is 0 Å². The summed E-state index contributed by atoms with van der Waals surface area (Å²) in [6.45, 7) is 0. The molecular formula is C9H8N2O. The number of carbonyl (C=O) groups is 1. The molecule has 0 fully saturated rings. The van der Waals surface area contributed by atoms with Crippen LogP contribution in [0.5, 0.6) is 0 Å². The lowest BCUT2D eigenvalue weighted by Gasteiger charge is -1.90. The molecule has 2 rings (SSSR count). The molecule has 0 amide bonds. The van der Waals surface area contributed by atoms with Crippen molar-refractivity contribution in [2.24, 2.45) is 0 Å². The maximum atomic E-state index is 10.4. The van der Waals surface area contributed by atoms with Crippen LogP contribution in [0.15, 0.2) is 24.3 Å². The van der Waals surface area contributed by atoms with Gasteiger partial charge in [0.05, 0.1) is 5.69 Å². The van der Waals surface area contributed by atoms with Gasteiger partial charge in [-0.3, -0.25) is 4.79 Å². The lowest BCUT2D eigenvalue weighted by atomic mass is 10.2. The van der Waals surface area contributed by atoms with Gasteiger partial charge in [-0.2, -0.15) is 0 Å². The molecule has 60 valence electrons. The number of nitrogens with one attached hydrogen (secondary N) is 1. The molecule has 0 saturated carbocycles. The van der Waals surface area contributed by atoms with Crippen LogP contribution in [0.25, 0.3) is 10.9 Å². The Bertz CT molecular complexity index is 431.